The number of nitrogens with zero attached hydrogens (tertiary/aromatic N) is 2. The second-order valence-electron chi connectivity index (χ2n) is 6.92. The summed E-state index contributed by atoms with van der Waals surface area (Å²) >= 11 is 2.25. The standard InChI is InChI=1S/C20H18N2O6S2/c1-28-20(27)15-10-5-2-3-7-12(10)30-18(15)22-14(23)9-13(17(22)24)29-16-11(19(25)26)6-4-8-21-16/h4,6,8,13H,2-3,5,7,9H2,1H3,(H,25,26). The number of fused-ring (bicyclic) bond motifs is 1. The Morgan fingerprint density at radius 3 is 2.80 bits per heavy atom. The minimum Gasteiger partial charge on any atom is -0.478 e. The largest absolute Gasteiger partial charge is 0.478 e. The number of methoxy groups -OCH3 is 1. The predicted octanol–water partition coefficient (Wildman–Crippen LogP) is 2.93. The van der Waals surface area contributed by atoms with Crippen LogP contribution in [-0.2, 0) is 27.2 Å². The minimum absolute atomic E-state index is 0.0250. The molecule has 10 heteroatoms. The lowest BCUT2D eigenvalue weighted by Gasteiger charge is -2.15. The molecule has 4 rings (SSSR count). The van der Waals surface area contributed by atoms with Crippen LogP contribution < -0.4 is 4.90 Å². The van der Waals surface area contributed by atoms with Crippen molar-refractivity contribution in [1.29, 1.82) is 0 Å². The molecule has 0 spiro atoms. The van der Waals surface area contributed by atoms with E-state index in [9.17, 15) is 24.3 Å². The maximum atomic E-state index is 13.1. The highest BCUT2D eigenvalue weighted by molar-refractivity contribution is 8.00. The number of thioether (sulfide) groups is 1. The molecule has 2 aliphatic rings. The van der Waals surface area contributed by atoms with E-state index in [0.717, 1.165) is 46.4 Å². The summed E-state index contributed by atoms with van der Waals surface area (Å²) in [7, 11) is 1.28. The molecule has 1 saturated heterocycles. The summed E-state index contributed by atoms with van der Waals surface area (Å²) in [6, 6.07) is 2.90. The molecule has 2 aromatic rings. The summed E-state index contributed by atoms with van der Waals surface area (Å²) in [5.74, 6) is -2.61. The van der Waals surface area contributed by atoms with Gasteiger partial charge < -0.3 is 9.84 Å². The van der Waals surface area contributed by atoms with Gasteiger partial charge in [-0.25, -0.2) is 19.5 Å². The fourth-order valence-corrected chi connectivity index (χ4v) is 6.22. The van der Waals surface area contributed by atoms with Crippen LogP contribution in [0.5, 0.6) is 0 Å². The van der Waals surface area contributed by atoms with Crippen molar-refractivity contribution in [2.75, 3.05) is 12.0 Å². The van der Waals surface area contributed by atoms with Gasteiger partial charge in [0.15, 0.2) is 0 Å². The minimum atomic E-state index is -1.15. The van der Waals surface area contributed by atoms with E-state index in [1.165, 1.54) is 36.8 Å². The van der Waals surface area contributed by atoms with E-state index >= 15 is 0 Å². The zero-order chi connectivity index (χ0) is 21.4. The molecule has 1 aliphatic carbocycles. The van der Waals surface area contributed by atoms with Crippen LogP contribution in [0.1, 0.15) is 50.4 Å². The number of amides is 2. The van der Waals surface area contributed by atoms with Crippen molar-refractivity contribution in [3.63, 3.8) is 0 Å². The summed E-state index contributed by atoms with van der Waals surface area (Å²) in [5.41, 5.74) is 1.14. The molecule has 2 aromatic heterocycles. The summed E-state index contributed by atoms with van der Waals surface area (Å²) in [5, 5.41) is 9.02. The van der Waals surface area contributed by atoms with Gasteiger partial charge in [0.05, 0.1) is 23.5 Å². The second-order valence-corrected chi connectivity index (χ2v) is 9.20. The molecule has 0 saturated carbocycles. The number of carbonyl (C=O) groups is 4. The number of anilines is 1. The fraction of sp³-hybridized carbons (Fsp3) is 0.350. The van der Waals surface area contributed by atoms with Gasteiger partial charge in [-0.1, -0.05) is 11.8 Å². The highest BCUT2D eigenvalue weighted by Gasteiger charge is 2.44. The molecule has 1 N–H and O–H groups in total. The van der Waals surface area contributed by atoms with E-state index in [1.807, 2.05) is 0 Å². The van der Waals surface area contributed by atoms with Crippen LogP contribution in [0.2, 0.25) is 0 Å². The molecule has 156 valence electrons. The van der Waals surface area contributed by atoms with E-state index in [0.29, 0.717) is 17.0 Å². The van der Waals surface area contributed by atoms with E-state index in [4.69, 9.17) is 4.74 Å². The average Bonchev–Trinajstić information content (AvgIpc) is 3.24. The molecule has 0 radical (unpaired) electrons. The van der Waals surface area contributed by atoms with Crippen molar-refractivity contribution in [3.05, 3.63) is 39.9 Å². The van der Waals surface area contributed by atoms with Crippen molar-refractivity contribution in [2.45, 2.75) is 42.4 Å². The van der Waals surface area contributed by atoms with E-state index in [1.54, 1.807) is 0 Å². The first-order valence-corrected chi connectivity index (χ1v) is 11.1. The van der Waals surface area contributed by atoms with Gasteiger partial charge >= 0.3 is 11.9 Å². The number of hydrogen-bond acceptors (Lipinski definition) is 8. The molecule has 1 unspecified atom stereocenters. The zero-order valence-corrected chi connectivity index (χ0v) is 17.7. The van der Waals surface area contributed by atoms with Crippen LogP contribution >= 0.6 is 23.1 Å². The zero-order valence-electron chi connectivity index (χ0n) is 16.0. The Balaban J connectivity index is 1.68. The molecule has 2 amide bonds. The van der Waals surface area contributed by atoms with Crippen LogP contribution in [0, 0.1) is 0 Å². The third-order valence-electron chi connectivity index (χ3n) is 5.11. The van der Waals surface area contributed by atoms with Gasteiger partial charge in [0.25, 0.3) is 0 Å². The number of aromatic nitrogens is 1. The highest BCUT2D eigenvalue weighted by Crippen LogP contribution is 2.44. The third-order valence-corrected chi connectivity index (χ3v) is 7.58. The molecule has 0 bridgehead atoms. The van der Waals surface area contributed by atoms with Crippen molar-refractivity contribution >= 4 is 51.9 Å². The molecule has 3 heterocycles. The lowest BCUT2D eigenvalue weighted by Crippen LogP contribution is -2.32. The van der Waals surface area contributed by atoms with E-state index in [-0.39, 0.29) is 17.0 Å². The van der Waals surface area contributed by atoms with Gasteiger partial charge in [-0.2, -0.15) is 0 Å². The smallest absolute Gasteiger partial charge is 0.341 e. The lowest BCUT2D eigenvalue weighted by molar-refractivity contribution is -0.121. The quantitative estimate of drug-likeness (QED) is 0.551. The number of imide groups is 1. The summed E-state index contributed by atoms with van der Waals surface area (Å²) in [6.07, 6.45) is 4.78. The van der Waals surface area contributed by atoms with Gasteiger partial charge in [0.1, 0.15) is 10.0 Å². The van der Waals surface area contributed by atoms with E-state index < -0.39 is 29.0 Å². The Hall–Kier alpha value is -2.72. The second kappa shape index (κ2) is 8.19. The normalized spacial score (nSPS) is 18.4. The molecule has 30 heavy (non-hydrogen) atoms. The molecular formula is C20H18N2O6S2. The molecule has 0 aromatic carbocycles. The van der Waals surface area contributed by atoms with Crippen molar-refractivity contribution in [1.82, 2.24) is 4.98 Å². The number of hydrogen-bond donors (Lipinski definition) is 1. The Labute approximate surface area is 180 Å². The monoisotopic (exact) mass is 446 g/mol. The topological polar surface area (TPSA) is 114 Å². The molecule has 1 fully saturated rings. The number of ether oxygens (including phenoxy) is 1. The number of carboxylic acid groups (broad SMARTS) is 1. The van der Waals surface area contributed by atoms with Crippen LogP contribution in [0.25, 0.3) is 0 Å². The average molecular weight is 447 g/mol. The van der Waals surface area contributed by atoms with Crippen LogP contribution in [0.15, 0.2) is 23.4 Å². The third kappa shape index (κ3) is 3.50. The maximum absolute atomic E-state index is 13.1. The molecule has 8 nitrogen and oxygen atoms in total. The Kier molecular flexibility index (Phi) is 5.61. The van der Waals surface area contributed by atoms with Gasteiger partial charge in [0.2, 0.25) is 11.8 Å². The first kappa shape index (κ1) is 20.5. The Bertz CT molecular complexity index is 1060. The number of aromatic carboxylic acids is 1. The molecule has 1 aliphatic heterocycles. The van der Waals surface area contributed by atoms with Crippen molar-refractivity contribution in [3.8, 4) is 0 Å². The first-order valence-electron chi connectivity index (χ1n) is 9.37. The number of pyridine rings is 1. The molecular weight excluding hydrogens is 428 g/mol. The number of carboxylic acids is 1. The summed E-state index contributed by atoms with van der Waals surface area (Å²) in [4.78, 5) is 56.0. The van der Waals surface area contributed by atoms with Crippen LogP contribution in [0.4, 0.5) is 5.00 Å². The van der Waals surface area contributed by atoms with Crippen LogP contribution in [-0.4, -0.2) is 46.2 Å². The van der Waals surface area contributed by atoms with E-state index in [2.05, 4.69) is 4.98 Å². The van der Waals surface area contributed by atoms with Gasteiger partial charge in [-0.05, 0) is 43.4 Å². The number of esters is 1. The number of carbonyl (C=O) groups excluding carboxylic acids is 3. The van der Waals surface area contributed by atoms with Gasteiger partial charge in [-0.3, -0.25) is 9.59 Å². The predicted molar refractivity (Wildman–Crippen MR) is 110 cm³/mol. The Morgan fingerprint density at radius 2 is 2.07 bits per heavy atom. The maximum Gasteiger partial charge on any atom is 0.341 e. The van der Waals surface area contributed by atoms with Gasteiger partial charge in [0, 0.05) is 17.5 Å². The van der Waals surface area contributed by atoms with Crippen molar-refractivity contribution < 1.29 is 29.0 Å². The number of aryl methyl sites for hydroxylation is 1. The number of rotatable bonds is 5. The van der Waals surface area contributed by atoms with Crippen molar-refractivity contribution in [2.24, 2.45) is 0 Å². The number of thiophene rings is 1. The Morgan fingerprint density at radius 1 is 1.30 bits per heavy atom. The summed E-state index contributed by atoms with van der Waals surface area (Å²) in [6.45, 7) is 0. The SMILES string of the molecule is COC(=O)c1c(N2C(=O)CC(Sc3ncccc3C(=O)O)C2=O)sc2c1CCCC2. The van der Waals surface area contributed by atoms with Crippen LogP contribution in [0.3, 0.4) is 0 Å². The first-order chi connectivity index (χ1) is 14.4. The molecule has 1 atom stereocenters. The lowest BCUT2D eigenvalue weighted by atomic mass is 9.95. The highest BCUT2D eigenvalue weighted by atomic mass is 32.2. The van der Waals surface area contributed by atoms with Gasteiger partial charge in [-0.15, -0.1) is 11.3 Å². The summed E-state index contributed by atoms with van der Waals surface area (Å²) < 4.78 is 4.93. The fourth-order valence-electron chi connectivity index (χ4n) is 3.71.